The van der Waals surface area contributed by atoms with Gasteiger partial charge in [0.25, 0.3) is 0 Å². The summed E-state index contributed by atoms with van der Waals surface area (Å²) >= 11 is 0. The van der Waals surface area contributed by atoms with Crippen LogP contribution in [0.3, 0.4) is 0 Å². The Kier molecular flexibility index (Phi) is 6.74. The number of aliphatic hydroxyl groups excluding tert-OH is 1. The second-order valence-electron chi connectivity index (χ2n) is 6.06. The van der Waals surface area contributed by atoms with E-state index in [9.17, 15) is 13.9 Å². The Morgan fingerprint density at radius 2 is 1.91 bits per heavy atom. The Balaban J connectivity index is 1.96. The SMILES string of the molecule is CCC(NCC1(CO)CCOCC1)c1ccc(OC(F)F)cc1. The van der Waals surface area contributed by atoms with Gasteiger partial charge in [-0.3, -0.25) is 0 Å². The molecule has 1 unspecified atom stereocenters. The predicted molar refractivity (Wildman–Crippen MR) is 83.7 cm³/mol. The third-order valence-corrected chi connectivity index (χ3v) is 4.53. The summed E-state index contributed by atoms with van der Waals surface area (Å²) in [7, 11) is 0. The van der Waals surface area contributed by atoms with Crippen molar-refractivity contribution >= 4 is 0 Å². The zero-order valence-corrected chi connectivity index (χ0v) is 13.4. The molecule has 1 atom stereocenters. The van der Waals surface area contributed by atoms with Crippen molar-refractivity contribution < 1.29 is 23.4 Å². The summed E-state index contributed by atoms with van der Waals surface area (Å²) in [5.41, 5.74) is 0.888. The number of nitrogens with one attached hydrogen (secondary N) is 1. The Morgan fingerprint density at radius 3 is 2.43 bits per heavy atom. The van der Waals surface area contributed by atoms with Crippen molar-refractivity contribution in [3.8, 4) is 5.75 Å². The summed E-state index contributed by atoms with van der Waals surface area (Å²) in [4.78, 5) is 0. The molecule has 2 N–H and O–H groups in total. The van der Waals surface area contributed by atoms with Crippen LogP contribution >= 0.6 is 0 Å². The molecule has 23 heavy (non-hydrogen) atoms. The van der Waals surface area contributed by atoms with E-state index in [1.54, 1.807) is 24.3 Å². The normalized spacial score (nSPS) is 18.8. The van der Waals surface area contributed by atoms with Crippen molar-refractivity contribution in [1.29, 1.82) is 0 Å². The minimum atomic E-state index is -2.81. The van der Waals surface area contributed by atoms with Gasteiger partial charge in [-0.25, -0.2) is 0 Å². The second-order valence-corrected chi connectivity index (χ2v) is 6.06. The summed E-state index contributed by atoms with van der Waals surface area (Å²) < 4.78 is 34.1. The Labute approximate surface area is 135 Å². The van der Waals surface area contributed by atoms with Crippen molar-refractivity contribution in [1.82, 2.24) is 5.32 Å². The van der Waals surface area contributed by atoms with Crippen molar-refractivity contribution in [2.45, 2.75) is 38.8 Å². The van der Waals surface area contributed by atoms with Gasteiger partial charge in [-0.2, -0.15) is 8.78 Å². The monoisotopic (exact) mass is 329 g/mol. The van der Waals surface area contributed by atoms with E-state index in [4.69, 9.17) is 4.74 Å². The fraction of sp³-hybridized carbons (Fsp3) is 0.647. The average Bonchev–Trinajstić information content (AvgIpc) is 2.57. The van der Waals surface area contributed by atoms with Crippen molar-refractivity contribution in [2.24, 2.45) is 5.41 Å². The lowest BCUT2D eigenvalue weighted by molar-refractivity contribution is -0.0498. The lowest BCUT2D eigenvalue weighted by Gasteiger charge is -2.37. The summed E-state index contributed by atoms with van der Waals surface area (Å²) in [5.74, 6) is 0.162. The van der Waals surface area contributed by atoms with Crippen LogP contribution in [-0.4, -0.2) is 38.1 Å². The van der Waals surface area contributed by atoms with Gasteiger partial charge < -0.3 is 19.9 Å². The summed E-state index contributed by atoms with van der Waals surface area (Å²) in [5, 5.41) is 13.2. The van der Waals surface area contributed by atoms with Crippen LogP contribution in [0.4, 0.5) is 8.78 Å². The number of hydrogen-bond acceptors (Lipinski definition) is 4. The van der Waals surface area contributed by atoms with E-state index in [1.807, 2.05) is 0 Å². The van der Waals surface area contributed by atoms with Crippen molar-refractivity contribution in [2.75, 3.05) is 26.4 Å². The fourth-order valence-electron chi connectivity index (χ4n) is 2.91. The van der Waals surface area contributed by atoms with Gasteiger partial charge in [-0.05, 0) is 37.0 Å². The first kappa shape index (κ1) is 18.1. The maximum atomic E-state index is 12.2. The molecule has 1 fully saturated rings. The standard InChI is InChI=1S/C17H25F2NO3/c1-2-15(13-3-5-14(6-4-13)23-16(18)19)20-11-17(12-21)7-9-22-10-8-17/h3-6,15-16,20-21H,2,7-12H2,1H3. The third kappa shape index (κ3) is 5.12. The van der Waals surface area contributed by atoms with Gasteiger partial charge >= 0.3 is 6.61 Å². The summed E-state index contributed by atoms with van der Waals surface area (Å²) in [6.07, 6.45) is 2.55. The molecule has 0 saturated carbocycles. The molecule has 0 aromatic heterocycles. The number of halogens is 2. The van der Waals surface area contributed by atoms with Crippen LogP contribution in [0.2, 0.25) is 0 Å². The average molecular weight is 329 g/mol. The molecule has 1 aliphatic rings. The smallest absolute Gasteiger partial charge is 0.387 e. The highest BCUT2D eigenvalue weighted by molar-refractivity contribution is 5.29. The molecule has 0 radical (unpaired) electrons. The molecule has 0 spiro atoms. The summed E-state index contributed by atoms with van der Waals surface area (Å²) in [6, 6.07) is 6.83. The van der Waals surface area contributed by atoms with Crippen molar-refractivity contribution in [3.05, 3.63) is 29.8 Å². The quantitative estimate of drug-likeness (QED) is 0.769. The zero-order chi connectivity index (χ0) is 16.7. The molecule has 2 rings (SSSR count). The van der Waals surface area contributed by atoms with E-state index >= 15 is 0 Å². The van der Waals surface area contributed by atoms with E-state index in [-0.39, 0.29) is 23.8 Å². The Morgan fingerprint density at radius 1 is 1.26 bits per heavy atom. The molecule has 0 aliphatic carbocycles. The van der Waals surface area contributed by atoms with Crippen LogP contribution in [-0.2, 0) is 4.74 Å². The first-order valence-corrected chi connectivity index (χ1v) is 8.05. The van der Waals surface area contributed by atoms with E-state index in [0.717, 1.165) is 24.8 Å². The minimum absolute atomic E-state index is 0.113. The van der Waals surface area contributed by atoms with Gasteiger partial charge in [0.15, 0.2) is 0 Å². The molecule has 0 amide bonds. The third-order valence-electron chi connectivity index (χ3n) is 4.53. The van der Waals surface area contributed by atoms with Crippen LogP contribution in [0, 0.1) is 5.41 Å². The maximum Gasteiger partial charge on any atom is 0.387 e. The van der Waals surface area contributed by atoms with E-state index in [2.05, 4.69) is 17.0 Å². The van der Waals surface area contributed by atoms with Gasteiger partial charge in [-0.15, -0.1) is 0 Å². The van der Waals surface area contributed by atoms with E-state index in [0.29, 0.717) is 19.8 Å². The van der Waals surface area contributed by atoms with Crippen LogP contribution in [0.5, 0.6) is 5.75 Å². The minimum Gasteiger partial charge on any atom is -0.435 e. The molecule has 1 aromatic rings. The van der Waals surface area contributed by atoms with Crippen LogP contribution in [0.25, 0.3) is 0 Å². The Hall–Kier alpha value is -1.24. The van der Waals surface area contributed by atoms with Gasteiger partial charge in [0.1, 0.15) is 5.75 Å². The van der Waals surface area contributed by atoms with Gasteiger partial charge in [0, 0.05) is 31.2 Å². The number of aliphatic hydroxyl groups is 1. The van der Waals surface area contributed by atoms with Gasteiger partial charge in [-0.1, -0.05) is 19.1 Å². The molecule has 0 bridgehead atoms. The first-order chi connectivity index (χ1) is 11.1. The van der Waals surface area contributed by atoms with Gasteiger partial charge in [0.2, 0.25) is 0 Å². The molecular weight excluding hydrogens is 304 g/mol. The number of hydrogen-bond donors (Lipinski definition) is 2. The molecule has 1 heterocycles. The lowest BCUT2D eigenvalue weighted by atomic mass is 9.80. The predicted octanol–water partition coefficient (Wildman–Crippen LogP) is 3.12. The molecule has 6 heteroatoms. The molecule has 4 nitrogen and oxygen atoms in total. The first-order valence-electron chi connectivity index (χ1n) is 8.05. The highest BCUT2D eigenvalue weighted by Crippen LogP contribution is 2.30. The largest absolute Gasteiger partial charge is 0.435 e. The van der Waals surface area contributed by atoms with Gasteiger partial charge in [0.05, 0.1) is 6.61 Å². The fourth-order valence-corrected chi connectivity index (χ4v) is 2.91. The van der Waals surface area contributed by atoms with Crippen molar-refractivity contribution in [3.63, 3.8) is 0 Å². The molecular formula is C17H25F2NO3. The van der Waals surface area contributed by atoms with E-state index < -0.39 is 6.61 Å². The van der Waals surface area contributed by atoms with Crippen LogP contribution < -0.4 is 10.1 Å². The molecule has 1 aliphatic heterocycles. The number of ether oxygens (including phenoxy) is 2. The molecule has 1 aromatic carbocycles. The summed E-state index contributed by atoms with van der Waals surface area (Å²) in [6.45, 7) is 1.47. The zero-order valence-electron chi connectivity index (χ0n) is 13.4. The van der Waals surface area contributed by atoms with Crippen LogP contribution in [0.15, 0.2) is 24.3 Å². The maximum absolute atomic E-state index is 12.2. The topological polar surface area (TPSA) is 50.7 Å². The number of benzene rings is 1. The Bertz CT molecular complexity index is 461. The molecule has 130 valence electrons. The highest BCUT2D eigenvalue weighted by Gasteiger charge is 2.32. The number of alkyl halides is 2. The second kappa shape index (κ2) is 8.57. The van der Waals surface area contributed by atoms with E-state index in [1.165, 1.54) is 0 Å². The van der Waals surface area contributed by atoms with Crippen LogP contribution in [0.1, 0.15) is 37.8 Å². The number of rotatable bonds is 8. The highest BCUT2D eigenvalue weighted by atomic mass is 19.3. The lowest BCUT2D eigenvalue weighted by Crippen LogP contribution is -2.42. The molecule has 1 saturated heterocycles.